The summed E-state index contributed by atoms with van der Waals surface area (Å²) in [7, 11) is -0.890. The van der Waals surface area contributed by atoms with Crippen molar-refractivity contribution in [3.63, 3.8) is 0 Å². The van der Waals surface area contributed by atoms with E-state index in [1.54, 1.807) is 0 Å². The number of carbonyl (C=O) groups is 1. The van der Waals surface area contributed by atoms with Crippen LogP contribution >= 0.6 is 0 Å². The molecule has 0 saturated carbocycles. The molecule has 0 unspecified atom stereocenters. The van der Waals surface area contributed by atoms with Gasteiger partial charge in [-0.1, -0.05) is 18.2 Å². The minimum Gasteiger partial charge on any atom is -0.423 e. The van der Waals surface area contributed by atoms with Gasteiger partial charge in [-0.15, -0.1) is 0 Å². The van der Waals surface area contributed by atoms with Crippen LogP contribution < -0.4 is 10.4 Å². The van der Waals surface area contributed by atoms with E-state index < -0.39 is 7.12 Å². The molecule has 1 N–H and O–H groups in total. The maximum absolute atomic E-state index is 12.8. The van der Waals surface area contributed by atoms with Crippen LogP contribution in [-0.4, -0.2) is 50.8 Å². The predicted molar refractivity (Wildman–Crippen MR) is 106 cm³/mol. The van der Waals surface area contributed by atoms with Crippen molar-refractivity contribution in [3.05, 3.63) is 58.7 Å². The zero-order chi connectivity index (χ0) is 18.8. The third kappa shape index (κ3) is 3.93. The highest BCUT2D eigenvalue weighted by molar-refractivity contribution is 6.60. The van der Waals surface area contributed by atoms with Crippen LogP contribution in [0.4, 0.5) is 5.69 Å². The lowest BCUT2D eigenvalue weighted by molar-refractivity contribution is 0.0992. The monoisotopic (exact) mass is 365 g/mol. The van der Waals surface area contributed by atoms with Crippen molar-refractivity contribution in [1.29, 1.82) is 0 Å². The van der Waals surface area contributed by atoms with Crippen molar-refractivity contribution in [2.24, 2.45) is 0 Å². The van der Waals surface area contributed by atoms with Crippen LogP contribution in [0.15, 0.2) is 36.4 Å². The van der Waals surface area contributed by atoms with Gasteiger partial charge in [0.1, 0.15) is 0 Å². The fourth-order valence-corrected chi connectivity index (χ4v) is 3.84. The van der Waals surface area contributed by atoms with E-state index in [1.807, 2.05) is 37.3 Å². The minimum absolute atomic E-state index is 0.0900. The summed E-state index contributed by atoms with van der Waals surface area (Å²) in [5, 5.41) is 10.0. The Labute approximate surface area is 160 Å². The van der Waals surface area contributed by atoms with Gasteiger partial charge in [0.05, 0.1) is 13.2 Å². The molecule has 0 atom stereocenters. The first-order valence-electron chi connectivity index (χ1n) is 9.50. The molecule has 2 aromatic rings. The van der Waals surface area contributed by atoms with Gasteiger partial charge in [0.15, 0.2) is 5.78 Å². The number of rotatable bonds is 4. The molecule has 5 nitrogen and oxygen atoms in total. The van der Waals surface area contributed by atoms with Crippen LogP contribution in [-0.2, 0) is 22.2 Å². The Kier molecular flexibility index (Phi) is 5.30. The van der Waals surface area contributed by atoms with Gasteiger partial charge in [0.25, 0.3) is 0 Å². The molecule has 6 heteroatoms. The molecule has 1 fully saturated rings. The molecule has 2 aromatic carbocycles. The number of ether oxygens (including phenoxy) is 1. The van der Waals surface area contributed by atoms with Crippen LogP contribution in [0.2, 0.25) is 0 Å². The molecule has 1 saturated heterocycles. The van der Waals surface area contributed by atoms with Crippen LogP contribution in [0.1, 0.15) is 27.0 Å². The summed E-state index contributed by atoms with van der Waals surface area (Å²) in [4.78, 5) is 15.1. The number of ketones is 1. The van der Waals surface area contributed by atoms with Crippen LogP contribution in [0, 0.1) is 6.92 Å². The van der Waals surface area contributed by atoms with Gasteiger partial charge >= 0.3 is 7.12 Å². The highest BCUT2D eigenvalue weighted by Gasteiger charge is 2.25. The van der Waals surface area contributed by atoms with E-state index in [4.69, 9.17) is 9.39 Å². The lowest BCUT2D eigenvalue weighted by Gasteiger charge is -2.29. The second-order valence-corrected chi connectivity index (χ2v) is 7.20. The first-order chi connectivity index (χ1) is 13.1. The van der Waals surface area contributed by atoms with Gasteiger partial charge in [-0.2, -0.15) is 0 Å². The predicted octanol–water partition coefficient (Wildman–Crippen LogP) is 1.52. The fraction of sp³-hybridized carbons (Fsp3) is 0.381. The topological polar surface area (TPSA) is 59.0 Å². The van der Waals surface area contributed by atoms with Crippen molar-refractivity contribution < 1.29 is 19.2 Å². The van der Waals surface area contributed by atoms with Gasteiger partial charge < -0.3 is 19.3 Å². The first-order valence-corrected chi connectivity index (χ1v) is 9.50. The molecule has 0 amide bonds. The Hall–Kier alpha value is -2.15. The molecule has 140 valence electrons. The van der Waals surface area contributed by atoms with E-state index in [9.17, 15) is 9.82 Å². The lowest BCUT2D eigenvalue weighted by Crippen LogP contribution is -2.41. The van der Waals surface area contributed by atoms with Crippen LogP contribution in [0.25, 0.3) is 0 Å². The Bertz CT molecular complexity index is 848. The number of carbonyl (C=O) groups excluding carboxylic acids is 1. The average Bonchev–Trinajstić information content (AvgIpc) is 2.69. The number of fused-ring (bicyclic) bond motifs is 1. The van der Waals surface area contributed by atoms with Gasteiger partial charge in [-0.3, -0.25) is 4.79 Å². The van der Waals surface area contributed by atoms with Gasteiger partial charge in [0, 0.05) is 37.4 Å². The molecular weight excluding hydrogens is 341 g/mol. The number of aryl methyl sites for hydroxylation is 1. The molecule has 27 heavy (non-hydrogen) atoms. The van der Waals surface area contributed by atoms with Crippen molar-refractivity contribution in [3.8, 4) is 0 Å². The van der Waals surface area contributed by atoms with E-state index in [0.29, 0.717) is 13.0 Å². The van der Waals surface area contributed by atoms with Crippen molar-refractivity contribution in [2.45, 2.75) is 19.8 Å². The fourth-order valence-electron chi connectivity index (χ4n) is 3.84. The Balaban J connectivity index is 1.50. The molecule has 2 aliphatic heterocycles. The van der Waals surface area contributed by atoms with E-state index in [2.05, 4.69) is 11.0 Å². The van der Waals surface area contributed by atoms with Crippen molar-refractivity contribution in [2.75, 3.05) is 37.8 Å². The molecule has 0 bridgehead atoms. The van der Waals surface area contributed by atoms with Gasteiger partial charge in [0.2, 0.25) is 0 Å². The van der Waals surface area contributed by atoms with Crippen LogP contribution in [0.5, 0.6) is 0 Å². The van der Waals surface area contributed by atoms with E-state index in [-0.39, 0.29) is 5.78 Å². The SMILES string of the molecule is Cc1cc(N2CCOCC2)ccc1C(=O)Cc1ccc2c(c1)B(O)OCC2. The molecule has 0 radical (unpaired) electrons. The Morgan fingerprint density at radius 3 is 2.74 bits per heavy atom. The smallest absolute Gasteiger partial charge is 0.423 e. The van der Waals surface area contributed by atoms with E-state index >= 15 is 0 Å². The first kappa shape index (κ1) is 18.2. The quantitative estimate of drug-likeness (QED) is 0.658. The summed E-state index contributed by atoms with van der Waals surface area (Å²) in [5.41, 5.74) is 5.66. The summed E-state index contributed by atoms with van der Waals surface area (Å²) >= 11 is 0. The average molecular weight is 365 g/mol. The molecule has 0 spiro atoms. The molecule has 4 rings (SSSR count). The number of benzene rings is 2. The number of morpholine rings is 1. The van der Waals surface area contributed by atoms with Gasteiger partial charge in [-0.05, 0) is 53.7 Å². The summed E-state index contributed by atoms with van der Waals surface area (Å²) in [6, 6.07) is 11.9. The third-order valence-electron chi connectivity index (χ3n) is 5.37. The van der Waals surface area contributed by atoms with Crippen LogP contribution in [0.3, 0.4) is 0 Å². The standard InChI is InChI=1S/C21H24BNO4/c1-15-12-18(23-7-10-26-11-8-23)4-5-19(15)21(24)14-16-2-3-17-6-9-27-22(25)20(17)13-16/h2-5,12-13,25H,6-11,14H2,1H3. The van der Waals surface area contributed by atoms with E-state index in [0.717, 1.165) is 66.1 Å². The molecule has 0 aromatic heterocycles. The van der Waals surface area contributed by atoms with E-state index in [1.165, 1.54) is 0 Å². The number of hydrogen-bond donors (Lipinski definition) is 1. The zero-order valence-corrected chi connectivity index (χ0v) is 15.6. The maximum atomic E-state index is 12.8. The number of anilines is 1. The molecular formula is C21H24BNO4. The second-order valence-electron chi connectivity index (χ2n) is 7.20. The Morgan fingerprint density at radius 2 is 1.96 bits per heavy atom. The maximum Gasteiger partial charge on any atom is 0.491 e. The lowest BCUT2D eigenvalue weighted by atomic mass is 9.72. The summed E-state index contributed by atoms with van der Waals surface area (Å²) in [5.74, 6) is 0.0900. The molecule has 2 heterocycles. The van der Waals surface area contributed by atoms with Crippen molar-refractivity contribution in [1.82, 2.24) is 0 Å². The highest BCUT2D eigenvalue weighted by atomic mass is 16.5. The number of Topliss-reactive ketones (excluding diaryl/α,β-unsaturated/α-hetero) is 1. The van der Waals surface area contributed by atoms with Gasteiger partial charge in [-0.25, -0.2) is 0 Å². The second kappa shape index (κ2) is 7.84. The Morgan fingerprint density at radius 1 is 1.15 bits per heavy atom. The summed E-state index contributed by atoms with van der Waals surface area (Å²) < 4.78 is 10.7. The summed E-state index contributed by atoms with van der Waals surface area (Å²) in [6.07, 6.45) is 1.11. The highest BCUT2D eigenvalue weighted by Crippen LogP contribution is 2.22. The zero-order valence-electron chi connectivity index (χ0n) is 15.6. The summed E-state index contributed by atoms with van der Waals surface area (Å²) in [6.45, 7) is 5.77. The third-order valence-corrected chi connectivity index (χ3v) is 5.37. The molecule has 0 aliphatic carbocycles. The minimum atomic E-state index is -0.890. The molecule has 2 aliphatic rings. The number of nitrogens with zero attached hydrogens (tertiary/aromatic N) is 1. The number of hydrogen-bond acceptors (Lipinski definition) is 5. The normalized spacial score (nSPS) is 17.0. The largest absolute Gasteiger partial charge is 0.491 e. The van der Waals surface area contributed by atoms with Crippen molar-refractivity contribution >= 4 is 24.1 Å².